The number of hydrogen-bond acceptors (Lipinski definition) is 2. The Morgan fingerprint density at radius 3 is 2.50 bits per heavy atom. The minimum absolute atomic E-state index is 0.241. The van der Waals surface area contributed by atoms with Crippen molar-refractivity contribution in [3.05, 3.63) is 29.6 Å². The Balaban J connectivity index is 1.59. The summed E-state index contributed by atoms with van der Waals surface area (Å²) in [6, 6.07) is 5.87. The number of methoxy groups -OCH3 is 1. The van der Waals surface area contributed by atoms with Crippen LogP contribution in [-0.4, -0.2) is 30.0 Å². The summed E-state index contributed by atoms with van der Waals surface area (Å²) in [6.07, 6.45) is 8.15. The van der Waals surface area contributed by atoms with Crippen LogP contribution in [0.5, 0.6) is 5.75 Å². The second kappa shape index (κ2) is 6.67. The summed E-state index contributed by atoms with van der Waals surface area (Å²) in [5.41, 5.74) is 0.855. The highest BCUT2D eigenvalue weighted by atomic mass is 19.1. The van der Waals surface area contributed by atoms with Crippen LogP contribution in [0.1, 0.15) is 50.5 Å². The molecule has 4 heteroatoms. The summed E-state index contributed by atoms with van der Waals surface area (Å²) in [6.45, 7) is 0. The van der Waals surface area contributed by atoms with Gasteiger partial charge in [0.15, 0.2) is 11.6 Å². The van der Waals surface area contributed by atoms with Gasteiger partial charge in [0, 0.05) is 18.5 Å². The zero-order valence-electron chi connectivity index (χ0n) is 13.2. The first-order valence-corrected chi connectivity index (χ1v) is 8.32. The maximum Gasteiger partial charge on any atom is 0.223 e. The fraction of sp³-hybridized carbons (Fsp3) is 0.611. The summed E-state index contributed by atoms with van der Waals surface area (Å²) in [7, 11) is 1.46. The lowest BCUT2D eigenvalue weighted by Gasteiger charge is -2.29. The normalized spacial score (nSPS) is 18.5. The van der Waals surface area contributed by atoms with Gasteiger partial charge in [-0.2, -0.15) is 0 Å². The minimum Gasteiger partial charge on any atom is -0.494 e. The zero-order chi connectivity index (χ0) is 15.5. The van der Waals surface area contributed by atoms with Crippen molar-refractivity contribution in [1.29, 1.82) is 0 Å². The van der Waals surface area contributed by atoms with E-state index in [0.717, 1.165) is 31.2 Å². The Bertz CT molecular complexity index is 536. The summed E-state index contributed by atoms with van der Waals surface area (Å²) in [5.74, 6) is 0.133. The fourth-order valence-electron chi connectivity index (χ4n) is 3.49. The first kappa shape index (κ1) is 15.3. The van der Waals surface area contributed by atoms with Gasteiger partial charge < -0.3 is 9.64 Å². The molecule has 0 bridgehead atoms. The van der Waals surface area contributed by atoms with Crippen LogP contribution in [0.4, 0.5) is 4.39 Å². The molecule has 2 aliphatic rings. The first-order valence-electron chi connectivity index (χ1n) is 8.32. The van der Waals surface area contributed by atoms with E-state index in [9.17, 15) is 9.18 Å². The Kier molecular flexibility index (Phi) is 4.65. The molecule has 3 rings (SSSR count). The molecule has 0 aromatic heterocycles. The number of halogens is 1. The van der Waals surface area contributed by atoms with Gasteiger partial charge in [0.25, 0.3) is 0 Å². The van der Waals surface area contributed by atoms with E-state index in [0.29, 0.717) is 24.9 Å². The van der Waals surface area contributed by atoms with E-state index in [-0.39, 0.29) is 17.5 Å². The van der Waals surface area contributed by atoms with Crippen LogP contribution in [0.15, 0.2) is 18.2 Å². The number of aryl methyl sites for hydroxylation is 1. The molecule has 0 spiro atoms. The lowest BCUT2D eigenvalue weighted by atomic mass is 10.1. The van der Waals surface area contributed by atoms with Crippen LogP contribution < -0.4 is 4.74 Å². The maximum absolute atomic E-state index is 13.7. The lowest BCUT2D eigenvalue weighted by molar-refractivity contribution is -0.134. The molecule has 2 aliphatic carbocycles. The van der Waals surface area contributed by atoms with Crippen molar-refractivity contribution in [2.45, 2.75) is 63.5 Å². The largest absolute Gasteiger partial charge is 0.494 e. The van der Waals surface area contributed by atoms with Crippen LogP contribution in [-0.2, 0) is 11.2 Å². The van der Waals surface area contributed by atoms with Crippen LogP contribution in [0.2, 0.25) is 0 Å². The molecule has 1 aromatic rings. The SMILES string of the molecule is COc1ccc(CCC(=O)N(C2CCCC2)C2CC2)cc1F. The fourth-order valence-corrected chi connectivity index (χ4v) is 3.49. The predicted octanol–water partition coefficient (Wildman–Crippen LogP) is 3.70. The molecule has 22 heavy (non-hydrogen) atoms. The summed E-state index contributed by atoms with van der Waals surface area (Å²) < 4.78 is 18.6. The standard InChI is InChI=1S/C18H24FNO2/c1-22-17-10-6-13(12-16(17)19)7-11-18(21)20(15-8-9-15)14-4-2-3-5-14/h6,10,12,14-15H,2-5,7-9,11H2,1H3. The molecule has 2 saturated carbocycles. The van der Waals surface area contributed by atoms with Gasteiger partial charge in [-0.1, -0.05) is 18.9 Å². The van der Waals surface area contributed by atoms with Crippen LogP contribution >= 0.6 is 0 Å². The van der Waals surface area contributed by atoms with Gasteiger partial charge in [-0.05, 0) is 49.8 Å². The van der Waals surface area contributed by atoms with E-state index in [1.54, 1.807) is 6.07 Å². The van der Waals surface area contributed by atoms with Gasteiger partial charge in [-0.25, -0.2) is 4.39 Å². The molecule has 1 aromatic carbocycles. The third-order valence-electron chi connectivity index (χ3n) is 4.79. The van der Waals surface area contributed by atoms with Crippen molar-refractivity contribution in [2.75, 3.05) is 7.11 Å². The zero-order valence-corrected chi connectivity index (χ0v) is 13.2. The van der Waals surface area contributed by atoms with E-state index in [2.05, 4.69) is 4.90 Å². The molecule has 2 fully saturated rings. The number of rotatable bonds is 6. The molecule has 0 radical (unpaired) electrons. The summed E-state index contributed by atoms with van der Waals surface area (Å²) in [4.78, 5) is 14.7. The molecule has 0 N–H and O–H groups in total. The van der Waals surface area contributed by atoms with Gasteiger partial charge >= 0.3 is 0 Å². The molecule has 120 valence electrons. The van der Waals surface area contributed by atoms with Crippen molar-refractivity contribution < 1.29 is 13.9 Å². The third-order valence-corrected chi connectivity index (χ3v) is 4.79. The Morgan fingerprint density at radius 1 is 1.23 bits per heavy atom. The van der Waals surface area contributed by atoms with Crippen LogP contribution in [0.25, 0.3) is 0 Å². The Labute approximate surface area is 131 Å². The van der Waals surface area contributed by atoms with E-state index in [1.807, 2.05) is 6.07 Å². The molecular weight excluding hydrogens is 281 g/mol. The Hall–Kier alpha value is -1.58. The van der Waals surface area contributed by atoms with Gasteiger partial charge in [-0.15, -0.1) is 0 Å². The van der Waals surface area contributed by atoms with E-state index in [4.69, 9.17) is 4.74 Å². The quantitative estimate of drug-likeness (QED) is 0.802. The average Bonchev–Trinajstić information content (AvgIpc) is 3.19. The molecular formula is C18H24FNO2. The van der Waals surface area contributed by atoms with E-state index >= 15 is 0 Å². The molecule has 3 nitrogen and oxygen atoms in total. The summed E-state index contributed by atoms with van der Waals surface area (Å²) in [5, 5.41) is 0. The lowest BCUT2D eigenvalue weighted by Crippen LogP contribution is -2.40. The van der Waals surface area contributed by atoms with Crippen molar-refractivity contribution in [2.24, 2.45) is 0 Å². The van der Waals surface area contributed by atoms with Crippen molar-refractivity contribution >= 4 is 5.91 Å². The van der Waals surface area contributed by atoms with Gasteiger partial charge in [0.05, 0.1) is 7.11 Å². The van der Waals surface area contributed by atoms with Crippen LogP contribution in [0, 0.1) is 5.82 Å². The molecule has 1 amide bonds. The van der Waals surface area contributed by atoms with E-state index < -0.39 is 0 Å². The highest BCUT2D eigenvalue weighted by molar-refractivity contribution is 5.77. The first-order chi connectivity index (χ1) is 10.7. The topological polar surface area (TPSA) is 29.5 Å². The molecule has 0 atom stereocenters. The number of carbonyl (C=O) groups excluding carboxylic acids is 1. The number of nitrogens with zero attached hydrogens (tertiary/aromatic N) is 1. The number of ether oxygens (including phenoxy) is 1. The van der Waals surface area contributed by atoms with E-state index in [1.165, 1.54) is 26.0 Å². The predicted molar refractivity (Wildman–Crippen MR) is 83.4 cm³/mol. The number of hydrogen-bond donors (Lipinski definition) is 0. The highest BCUT2D eigenvalue weighted by Gasteiger charge is 2.37. The van der Waals surface area contributed by atoms with Crippen molar-refractivity contribution in [3.63, 3.8) is 0 Å². The monoisotopic (exact) mass is 305 g/mol. The smallest absolute Gasteiger partial charge is 0.223 e. The second-order valence-corrected chi connectivity index (χ2v) is 6.44. The molecule has 0 heterocycles. The van der Waals surface area contributed by atoms with Crippen molar-refractivity contribution in [1.82, 2.24) is 4.90 Å². The van der Waals surface area contributed by atoms with Crippen LogP contribution in [0.3, 0.4) is 0 Å². The van der Waals surface area contributed by atoms with Gasteiger partial charge in [0.1, 0.15) is 0 Å². The Morgan fingerprint density at radius 2 is 1.91 bits per heavy atom. The molecule has 0 aliphatic heterocycles. The van der Waals surface area contributed by atoms with Crippen molar-refractivity contribution in [3.8, 4) is 5.75 Å². The summed E-state index contributed by atoms with van der Waals surface area (Å²) >= 11 is 0. The number of benzene rings is 1. The third kappa shape index (κ3) is 3.42. The number of carbonyl (C=O) groups is 1. The molecule has 0 unspecified atom stereocenters. The van der Waals surface area contributed by atoms with Gasteiger partial charge in [0.2, 0.25) is 5.91 Å². The second-order valence-electron chi connectivity index (χ2n) is 6.44. The molecule has 0 saturated heterocycles. The number of amides is 1. The maximum atomic E-state index is 13.7. The highest BCUT2D eigenvalue weighted by Crippen LogP contribution is 2.35. The average molecular weight is 305 g/mol. The minimum atomic E-state index is -0.359. The van der Waals surface area contributed by atoms with Gasteiger partial charge in [-0.3, -0.25) is 4.79 Å².